The van der Waals surface area contributed by atoms with Crippen LogP contribution in [0.2, 0.25) is 10.0 Å². The summed E-state index contributed by atoms with van der Waals surface area (Å²) in [6.07, 6.45) is -1.23. The smallest absolute Gasteiger partial charge is 0.387 e. The Balaban J connectivity index is 2.01. The number of amides is 1. The number of rotatable bonds is 6. The van der Waals surface area contributed by atoms with Crippen LogP contribution in [0.5, 0.6) is 5.75 Å². The molecule has 0 fully saturated rings. The molecule has 0 saturated heterocycles. The van der Waals surface area contributed by atoms with E-state index >= 15 is 0 Å². The molecule has 2 rings (SSSR count). The molecule has 144 valence electrons. The highest BCUT2D eigenvalue weighted by Gasteiger charge is 2.21. The Labute approximate surface area is 162 Å². The summed E-state index contributed by atoms with van der Waals surface area (Å²) in [5, 5.41) is 2.11. The van der Waals surface area contributed by atoms with Crippen molar-refractivity contribution in [3.63, 3.8) is 0 Å². The van der Waals surface area contributed by atoms with Crippen molar-refractivity contribution < 1.29 is 32.2 Å². The van der Waals surface area contributed by atoms with Gasteiger partial charge < -0.3 is 14.8 Å². The molecular weight excluding hydrogens is 410 g/mol. The van der Waals surface area contributed by atoms with Gasteiger partial charge >= 0.3 is 12.6 Å². The molecule has 0 heterocycles. The van der Waals surface area contributed by atoms with Crippen LogP contribution >= 0.6 is 23.2 Å². The topological polar surface area (TPSA) is 64.6 Å². The fourth-order valence-electron chi connectivity index (χ4n) is 1.95. The van der Waals surface area contributed by atoms with Gasteiger partial charge in [-0.1, -0.05) is 23.2 Å². The molecule has 0 aromatic heterocycles. The maximum Gasteiger partial charge on any atom is 0.387 e. The lowest BCUT2D eigenvalue weighted by atomic mass is 10.2. The predicted molar refractivity (Wildman–Crippen MR) is 93.0 cm³/mol. The zero-order chi connectivity index (χ0) is 20.1. The lowest BCUT2D eigenvalue weighted by molar-refractivity contribution is -0.123. The lowest BCUT2D eigenvalue weighted by Gasteiger charge is -2.15. The highest BCUT2D eigenvalue weighted by molar-refractivity contribution is 6.33. The Bertz CT molecular complexity index is 864. The van der Waals surface area contributed by atoms with Crippen LogP contribution in [0.1, 0.15) is 17.3 Å². The van der Waals surface area contributed by atoms with E-state index < -0.39 is 30.4 Å². The van der Waals surface area contributed by atoms with Crippen LogP contribution in [0.3, 0.4) is 0 Å². The van der Waals surface area contributed by atoms with E-state index in [0.29, 0.717) is 0 Å². The van der Waals surface area contributed by atoms with Gasteiger partial charge in [0.1, 0.15) is 11.6 Å². The number of benzene rings is 2. The summed E-state index contributed by atoms with van der Waals surface area (Å²) in [6, 6.07) is 6.73. The second-order valence-electron chi connectivity index (χ2n) is 5.18. The molecule has 0 spiro atoms. The van der Waals surface area contributed by atoms with Gasteiger partial charge in [0.2, 0.25) is 0 Å². The van der Waals surface area contributed by atoms with Crippen molar-refractivity contribution in [2.75, 3.05) is 5.32 Å². The van der Waals surface area contributed by atoms with Gasteiger partial charge in [-0.3, -0.25) is 4.79 Å². The molecule has 1 unspecified atom stereocenters. The second-order valence-corrected chi connectivity index (χ2v) is 6.00. The minimum atomic E-state index is -3.04. The van der Waals surface area contributed by atoms with Crippen LogP contribution in [0, 0.1) is 5.82 Å². The lowest BCUT2D eigenvalue weighted by Crippen LogP contribution is -2.30. The zero-order valence-electron chi connectivity index (χ0n) is 13.6. The molecule has 0 aliphatic rings. The molecule has 0 aliphatic carbocycles. The first-order valence-corrected chi connectivity index (χ1v) is 8.14. The first-order valence-electron chi connectivity index (χ1n) is 7.38. The first kappa shape index (κ1) is 20.9. The SMILES string of the molecule is CC(OC(=O)c1ccc(F)cc1Cl)C(=O)Nc1ccc(OC(F)F)c(Cl)c1. The van der Waals surface area contributed by atoms with E-state index in [1.54, 1.807) is 0 Å². The molecule has 1 amide bonds. The normalized spacial score (nSPS) is 11.8. The minimum Gasteiger partial charge on any atom is -0.449 e. The quantitative estimate of drug-likeness (QED) is 0.672. The van der Waals surface area contributed by atoms with E-state index in [-0.39, 0.29) is 27.0 Å². The molecular formula is C17H12Cl2F3NO4. The molecule has 1 atom stereocenters. The minimum absolute atomic E-state index is 0.103. The highest BCUT2D eigenvalue weighted by Crippen LogP contribution is 2.29. The zero-order valence-corrected chi connectivity index (χ0v) is 15.2. The molecule has 0 aliphatic heterocycles. The number of esters is 1. The van der Waals surface area contributed by atoms with Gasteiger partial charge in [-0.15, -0.1) is 0 Å². The number of ether oxygens (including phenoxy) is 2. The van der Waals surface area contributed by atoms with Crippen molar-refractivity contribution in [1.29, 1.82) is 0 Å². The largest absolute Gasteiger partial charge is 0.449 e. The molecule has 1 N–H and O–H groups in total. The van der Waals surface area contributed by atoms with Crippen molar-refractivity contribution in [2.45, 2.75) is 19.6 Å². The number of anilines is 1. The number of carbonyl (C=O) groups excluding carboxylic acids is 2. The highest BCUT2D eigenvalue weighted by atomic mass is 35.5. The third-order valence-electron chi connectivity index (χ3n) is 3.22. The predicted octanol–water partition coefficient (Wildman–Crippen LogP) is 4.92. The van der Waals surface area contributed by atoms with Gasteiger partial charge in [0.25, 0.3) is 5.91 Å². The van der Waals surface area contributed by atoms with Crippen LogP contribution < -0.4 is 10.1 Å². The van der Waals surface area contributed by atoms with Crippen molar-refractivity contribution in [1.82, 2.24) is 0 Å². The Morgan fingerprint density at radius 2 is 1.78 bits per heavy atom. The molecule has 0 saturated carbocycles. The monoisotopic (exact) mass is 421 g/mol. The Morgan fingerprint density at radius 1 is 1.07 bits per heavy atom. The Morgan fingerprint density at radius 3 is 2.37 bits per heavy atom. The van der Waals surface area contributed by atoms with E-state index in [1.807, 2.05) is 0 Å². The Hall–Kier alpha value is -2.45. The van der Waals surface area contributed by atoms with Gasteiger partial charge in [0.05, 0.1) is 15.6 Å². The summed E-state index contributed by atoms with van der Waals surface area (Å²) in [5.74, 6) is -2.50. The molecule has 10 heteroatoms. The van der Waals surface area contributed by atoms with Crippen molar-refractivity contribution in [2.24, 2.45) is 0 Å². The summed E-state index contributed by atoms with van der Waals surface area (Å²) in [5.41, 5.74) is 0.0728. The maximum atomic E-state index is 13.0. The molecule has 5 nitrogen and oxygen atoms in total. The average Bonchev–Trinajstić information content (AvgIpc) is 2.56. The number of halogens is 5. The fraction of sp³-hybridized carbons (Fsp3) is 0.176. The van der Waals surface area contributed by atoms with Crippen LogP contribution in [0.4, 0.5) is 18.9 Å². The number of hydrogen-bond donors (Lipinski definition) is 1. The summed E-state index contributed by atoms with van der Waals surface area (Å²) >= 11 is 11.6. The molecule has 2 aromatic rings. The number of carbonyl (C=O) groups is 2. The standard InChI is InChI=1S/C17H12Cl2F3NO4/c1-8(26-16(25)11-4-2-9(20)6-12(11)18)15(24)23-10-3-5-14(13(19)7-10)27-17(21)22/h2-8,17H,1H3,(H,23,24). The summed E-state index contributed by atoms with van der Waals surface area (Å²) in [6.45, 7) is -1.73. The summed E-state index contributed by atoms with van der Waals surface area (Å²) in [7, 11) is 0. The van der Waals surface area contributed by atoms with Gasteiger partial charge in [0, 0.05) is 5.69 Å². The van der Waals surface area contributed by atoms with Gasteiger partial charge in [0.15, 0.2) is 6.10 Å². The van der Waals surface area contributed by atoms with Crippen LogP contribution in [-0.4, -0.2) is 24.6 Å². The van der Waals surface area contributed by atoms with E-state index in [4.69, 9.17) is 27.9 Å². The fourth-order valence-corrected chi connectivity index (χ4v) is 2.42. The number of alkyl halides is 2. The van der Waals surface area contributed by atoms with E-state index in [9.17, 15) is 22.8 Å². The third-order valence-corrected chi connectivity index (χ3v) is 3.83. The summed E-state index contributed by atoms with van der Waals surface area (Å²) in [4.78, 5) is 24.1. The first-order chi connectivity index (χ1) is 12.7. The van der Waals surface area contributed by atoms with Crippen molar-refractivity contribution >= 4 is 40.8 Å². The van der Waals surface area contributed by atoms with E-state index in [2.05, 4.69) is 10.1 Å². The van der Waals surface area contributed by atoms with E-state index in [0.717, 1.165) is 24.3 Å². The van der Waals surface area contributed by atoms with Crippen molar-refractivity contribution in [3.05, 3.63) is 57.8 Å². The van der Waals surface area contributed by atoms with Gasteiger partial charge in [-0.05, 0) is 43.3 Å². The molecule has 2 aromatic carbocycles. The van der Waals surface area contributed by atoms with Gasteiger partial charge in [-0.2, -0.15) is 8.78 Å². The average molecular weight is 422 g/mol. The second kappa shape index (κ2) is 8.96. The van der Waals surface area contributed by atoms with Crippen LogP contribution in [-0.2, 0) is 9.53 Å². The molecule has 0 bridgehead atoms. The van der Waals surface area contributed by atoms with E-state index in [1.165, 1.54) is 19.1 Å². The molecule has 0 radical (unpaired) electrons. The van der Waals surface area contributed by atoms with Crippen molar-refractivity contribution in [3.8, 4) is 5.75 Å². The van der Waals surface area contributed by atoms with Crippen LogP contribution in [0.25, 0.3) is 0 Å². The molecule has 27 heavy (non-hydrogen) atoms. The third kappa shape index (κ3) is 5.77. The van der Waals surface area contributed by atoms with Gasteiger partial charge in [-0.25, -0.2) is 9.18 Å². The number of hydrogen-bond acceptors (Lipinski definition) is 4. The maximum absolute atomic E-state index is 13.0. The Kier molecular flexibility index (Phi) is 6.92. The summed E-state index contributed by atoms with van der Waals surface area (Å²) < 4.78 is 46.6. The van der Waals surface area contributed by atoms with Crippen LogP contribution in [0.15, 0.2) is 36.4 Å². The number of nitrogens with one attached hydrogen (secondary N) is 1.